The first-order chi connectivity index (χ1) is 15.9. The number of piperazine rings is 1. The number of ether oxygens (including phenoxy) is 1. The number of rotatable bonds is 7. The quantitative estimate of drug-likeness (QED) is 0.576. The summed E-state index contributed by atoms with van der Waals surface area (Å²) in [6.07, 6.45) is 1.23. The van der Waals surface area contributed by atoms with Crippen LogP contribution >= 0.6 is 11.6 Å². The lowest BCUT2D eigenvalue weighted by atomic mass is 10.1. The molecule has 2 fully saturated rings. The molecule has 0 bridgehead atoms. The number of hydrogen-bond acceptors (Lipinski definition) is 7. The van der Waals surface area contributed by atoms with Crippen molar-refractivity contribution in [2.24, 2.45) is 0 Å². The van der Waals surface area contributed by atoms with Gasteiger partial charge in [0.1, 0.15) is 24.7 Å². The highest BCUT2D eigenvalue weighted by Gasteiger charge is 2.33. The molecule has 2 aromatic rings. The summed E-state index contributed by atoms with van der Waals surface area (Å²) >= 11 is 6.10. The van der Waals surface area contributed by atoms with E-state index in [0.717, 1.165) is 5.56 Å². The molecule has 33 heavy (non-hydrogen) atoms. The Labute approximate surface area is 194 Å². The summed E-state index contributed by atoms with van der Waals surface area (Å²) in [4.78, 5) is 51.3. The Bertz CT molecular complexity index is 1110. The van der Waals surface area contributed by atoms with Crippen LogP contribution in [-0.2, 0) is 22.7 Å². The number of nitrogens with zero attached hydrogens (tertiary/aromatic N) is 2. The zero-order valence-corrected chi connectivity index (χ0v) is 18.5. The van der Waals surface area contributed by atoms with Crippen LogP contribution in [0.25, 0.3) is 0 Å². The molecule has 0 unspecified atom stereocenters. The summed E-state index contributed by atoms with van der Waals surface area (Å²) in [5.74, 6) is -0.0720. The fourth-order valence-corrected chi connectivity index (χ4v) is 3.87. The lowest BCUT2D eigenvalue weighted by Gasteiger charge is -2.34. The van der Waals surface area contributed by atoms with Crippen molar-refractivity contribution in [1.82, 2.24) is 20.4 Å². The van der Waals surface area contributed by atoms with Crippen molar-refractivity contribution in [2.45, 2.75) is 25.6 Å². The minimum Gasteiger partial charge on any atom is -0.482 e. The number of amides is 4. The average molecular weight is 475 g/mol. The van der Waals surface area contributed by atoms with E-state index in [1.54, 1.807) is 11.0 Å². The SMILES string of the molecule is O=C1NC(=O)[C@H](CC(=O)N2CCN(Cc3cc(=O)c(OCc4ccccc4Cl)co3)CC2)N1. The van der Waals surface area contributed by atoms with E-state index < -0.39 is 18.0 Å². The molecule has 0 aliphatic carbocycles. The van der Waals surface area contributed by atoms with Crippen LogP contribution in [0.15, 0.2) is 45.8 Å². The fourth-order valence-electron chi connectivity index (χ4n) is 3.68. The first-order valence-corrected chi connectivity index (χ1v) is 10.9. The van der Waals surface area contributed by atoms with Crippen LogP contribution < -0.4 is 20.8 Å². The number of urea groups is 1. The van der Waals surface area contributed by atoms with Gasteiger partial charge in [0.2, 0.25) is 17.1 Å². The maximum absolute atomic E-state index is 12.4. The standard InChI is InChI=1S/C22H23ClN4O6/c23-16-4-2-1-3-14(16)12-33-19-13-32-15(9-18(19)28)11-26-5-7-27(8-6-26)20(29)10-17-21(30)25-22(31)24-17/h1-4,9,13,17H,5-8,10-12H2,(H2,24,25,30,31)/t17-/m0/s1. The van der Waals surface area contributed by atoms with Gasteiger partial charge in [-0.2, -0.15) is 0 Å². The molecule has 11 heteroatoms. The highest BCUT2D eigenvalue weighted by atomic mass is 35.5. The molecule has 2 saturated heterocycles. The second-order valence-electron chi connectivity index (χ2n) is 7.83. The van der Waals surface area contributed by atoms with E-state index in [0.29, 0.717) is 43.5 Å². The van der Waals surface area contributed by atoms with E-state index in [1.807, 2.05) is 18.2 Å². The maximum atomic E-state index is 12.4. The number of nitrogens with one attached hydrogen (secondary N) is 2. The van der Waals surface area contributed by atoms with Gasteiger partial charge in [-0.1, -0.05) is 29.8 Å². The summed E-state index contributed by atoms with van der Waals surface area (Å²) in [6, 6.07) is 7.23. The molecule has 2 N–H and O–H groups in total. The van der Waals surface area contributed by atoms with Gasteiger partial charge in [-0.15, -0.1) is 0 Å². The maximum Gasteiger partial charge on any atom is 0.322 e. The van der Waals surface area contributed by atoms with Crippen molar-refractivity contribution in [3.05, 3.63) is 63.2 Å². The second-order valence-corrected chi connectivity index (χ2v) is 8.24. The molecule has 4 amide bonds. The molecule has 0 spiro atoms. The summed E-state index contributed by atoms with van der Waals surface area (Å²) in [7, 11) is 0. The fraction of sp³-hybridized carbons (Fsp3) is 0.364. The van der Waals surface area contributed by atoms with Crippen LogP contribution in [0.2, 0.25) is 5.02 Å². The minimum atomic E-state index is -0.823. The summed E-state index contributed by atoms with van der Waals surface area (Å²) in [5.41, 5.74) is 0.486. The Balaban J connectivity index is 1.25. The molecule has 1 aromatic carbocycles. The minimum absolute atomic E-state index is 0.0674. The van der Waals surface area contributed by atoms with E-state index in [-0.39, 0.29) is 30.1 Å². The van der Waals surface area contributed by atoms with Crippen molar-refractivity contribution >= 4 is 29.4 Å². The number of carbonyl (C=O) groups is 3. The van der Waals surface area contributed by atoms with Gasteiger partial charge in [-0.25, -0.2) is 4.79 Å². The lowest BCUT2D eigenvalue weighted by Crippen LogP contribution is -2.49. The van der Waals surface area contributed by atoms with Gasteiger partial charge >= 0.3 is 6.03 Å². The van der Waals surface area contributed by atoms with Crippen LogP contribution in [0, 0.1) is 0 Å². The third-order valence-electron chi connectivity index (χ3n) is 5.54. The monoisotopic (exact) mass is 474 g/mol. The Morgan fingerprint density at radius 3 is 2.58 bits per heavy atom. The molecule has 0 radical (unpaired) electrons. The lowest BCUT2D eigenvalue weighted by molar-refractivity contribution is -0.135. The van der Waals surface area contributed by atoms with E-state index in [9.17, 15) is 19.2 Å². The van der Waals surface area contributed by atoms with Crippen molar-refractivity contribution < 1.29 is 23.5 Å². The number of imide groups is 1. The highest BCUT2D eigenvalue weighted by Crippen LogP contribution is 2.18. The van der Waals surface area contributed by atoms with Crippen LogP contribution in [0.3, 0.4) is 0 Å². The number of hydrogen-bond donors (Lipinski definition) is 2. The average Bonchev–Trinajstić information content (AvgIpc) is 3.11. The number of halogens is 1. The molecule has 0 saturated carbocycles. The molecular formula is C22H23ClN4O6. The first-order valence-electron chi connectivity index (χ1n) is 10.5. The summed E-state index contributed by atoms with van der Waals surface area (Å²) in [6.45, 7) is 2.71. The molecule has 2 aliphatic rings. The van der Waals surface area contributed by atoms with E-state index in [1.165, 1.54) is 12.3 Å². The first kappa shape index (κ1) is 22.8. The molecule has 3 heterocycles. The van der Waals surface area contributed by atoms with Crippen LogP contribution in [0.4, 0.5) is 4.79 Å². The summed E-state index contributed by atoms with van der Waals surface area (Å²) < 4.78 is 11.1. The molecular weight excluding hydrogens is 452 g/mol. The predicted molar refractivity (Wildman–Crippen MR) is 118 cm³/mol. The third kappa shape index (κ3) is 5.71. The Kier molecular flexibility index (Phi) is 6.95. The number of benzene rings is 1. The summed E-state index contributed by atoms with van der Waals surface area (Å²) in [5, 5.41) is 5.11. The smallest absolute Gasteiger partial charge is 0.322 e. The van der Waals surface area contributed by atoms with Gasteiger partial charge in [0.05, 0.1) is 13.0 Å². The third-order valence-corrected chi connectivity index (χ3v) is 5.90. The highest BCUT2D eigenvalue weighted by molar-refractivity contribution is 6.31. The molecule has 2 aliphatic heterocycles. The normalized spacial score (nSPS) is 18.7. The van der Waals surface area contributed by atoms with Gasteiger partial charge in [-0.05, 0) is 6.07 Å². The van der Waals surface area contributed by atoms with Gasteiger partial charge in [0, 0.05) is 42.8 Å². The molecule has 1 atom stereocenters. The zero-order chi connectivity index (χ0) is 23.4. The van der Waals surface area contributed by atoms with E-state index in [2.05, 4.69) is 15.5 Å². The molecule has 4 rings (SSSR count). The number of carbonyl (C=O) groups excluding carboxylic acids is 3. The Morgan fingerprint density at radius 1 is 1.15 bits per heavy atom. The van der Waals surface area contributed by atoms with E-state index in [4.69, 9.17) is 20.8 Å². The zero-order valence-electron chi connectivity index (χ0n) is 17.7. The van der Waals surface area contributed by atoms with Crippen LogP contribution in [0.1, 0.15) is 17.7 Å². The van der Waals surface area contributed by atoms with Gasteiger partial charge in [-0.3, -0.25) is 24.6 Å². The van der Waals surface area contributed by atoms with Crippen LogP contribution in [0.5, 0.6) is 5.75 Å². The largest absolute Gasteiger partial charge is 0.482 e. The van der Waals surface area contributed by atoms with Crippen molar-refractivity contribution in [3.8, 4) is 5.75 Å². The van der Waals surface area contributed by atoms with E-state index >= 15 is 0 Å². The van der Waals surface area contributed by atoms with Gasteiger partial charge in [0.15, 0.2) is 0 Å². The van der Waals surface area contributed by atoms with Gasteiger partial charge < -0.3 is 19.4 Å². The van der Waals surface area contributed by atoms with Crippen molar-refractivity contribution in [3.63, 3.8) is 0 Å². The Morgan fingerprint density at radius 2 is 1.91 bits per heavy atom. The van der Waals surface area contributed by atoms with Crippen molar-refractivity contribution in [1.29, 1.82) is 0 Å². The van der Waals surface area contributed by atoms with Crippen LogP contribution in [-0.4, -0.2) is 59.9 Å². The molecule has 10 nitrogen and oxygen atoms in total. The van der Waals surface area contributed by atoms with Gasteiger partial charge in [0.25, 0.3) is 5.91 Å². The molecule has 174 valence electrons. The molecule has 1 aromatic heterocycles. The Hall–Kier alpha value is -3.37. The predicted octanol–water partition coefficient (Wildman–Crippen LogP) is 1.11. The van der Waals surface area contributed by atoms with Crippen molar-refractivity contribution in [2.75, 3.05) is 26.2 Å². The second kappa shape index (κ2) is 10.1. The topological polar surface area (TPSA) is 121 Å².